The number of ether oxygens (including phenoxy) is 7. The van der Waals surface area contributed by atoms with E-state index in [2.05, 4.69) is 20.8 Å². The minimum Gasteiger partial charge on any atom is -0.457 e. The Balaban J connectivity index is 1.59. The summed E-state index contributed by atoms with van der Waals surface area (Å²) in [6.45, 7) is 10.1. The summed E-state index contributed by atoms with van der Waals surface area (Å²) in [5.41, 5.74) is 0.932. The Morgan fingerprint density at radius 3 is 2.35 bits per heavy atom. The molecule has 0 bridgehead atoms. The van der Waals surface area contributed by atoms with Crippen molar-refractivity contribution in [2.24, 2.45) is 17.8 Å². The molecule has 1 aromatic rings. The highest BCUT2D eigenvalue weighted by molar-refractivity contribution is 5.66. The van der Waals surface area contributed by atoms with Crippen LogP contribution in [0.3, 0.4) is 0 Å². The lowest BCUT2D eigenvalue weighted by atomic mass is 9.82. The average molecular weight is 479 g/mol. The quantitative estimate of drug-likeness (QED) is 0.571. The van der Waals surface area contributed by atoms with Gasteiger partial charge in [-0.3, -0.25) is 4.79 Å². The molecule has 3 saturated heterocycles. The third kappa shape index (κ3) is 5.17. The normalized spacial score (nSPS) is 42.6. The van der Waals surface area contributed by atoms with E-state index in [1.54, 1.807) is 7.11 Å². The largest absolute Gasteiger partial charge is 0.457 e. The monoisotopic (exact) mass is 478 g/mol. The standard InChI is InChI=1S/C26H38O8/c1-7-19-14(2)15(3)22(30-17(5)27)26(31-19)33-21-16(4)24(28-6)32-20-13-29-25(34-23(20)21)18-11-9-8-10-12-18/h8-12,14-16,19-26H,7,13H2,1-6H3/t14-,15-,16?,19?,20?,21+,22?,23+,24-,25?,26+/m0/s1. The average Bonchev–Trinajstić information content (AvgIpc) is 2.84. The molecule has 0 spiro atoms. The number of methoxy groups -OCH3 is 1. The zero-order valence-corrected chi connectivity index (χ0v) is 20.9. The van der Waals surface area contributed by atoms with Gasteiger partial charge in [-0.05, 0) is 12.3 Å². The van der Waals surface area contributed by atoms with Crippen LogP contribution >= 0.6 is 0 Å². The van der Waals surface area contributed by atoms with E-state index < -0.39 is 37.2 Å². The van der Waals surface area contributed by atoms with Gasteiger partial charge in [0.2, 0.25) is 0 Å². The van der Waals surface area contributed by atoms with Crippen molar-refractivity contribution in [2.75, 3.05) is 13.7 Å². The number of fused-ring (bicyclic) bond motifs is 1. The van der Waals surface area contributed by atoms with Crippen molar-refractivity contribution in [2.45, 2.75) is 90.4 Å². The second kappa shape index (κ2) is 11.0. The topological polar surface area (TPSA) is 81.7 Å². The van der Waals surface area contributed by atoms with Crippen molar-refractivity contribution in [3.63, 3.8) is 0 Å². The van der Waals surface area contributed by atoms with Crippen LogP contribution in [-0.4, -0.2) is 62.8 Å². The van der Waals surface area contributed by atoms with E-state index >= 15 is 0 Å². The molecule has 0 N–H and O–H groups in total. The first-order valence-corrected chi connectivity index (χ1v) is 12.3. The van der Waals surface area contributed by atoms with E-state index in [9.17, 15) is 4.79 Å². The summed E-state index contributed by atoms with van der Waals surface area (Å²) in [5, 5.41) is 0. The van der Waals surface area contributed by atoms with Gasteiger partial charge < -0.3 is 33.2 Å². The highest BCUT2D eigenvalue weighted by atomic mass is 16.8. The predicted molar refractivity (Wildman–Crippen MR) is 123 cm³/mol. The van der Waals surface area contributed by atoms with Crippen LogP contribution in [0.2, 0.25) is 0 Å². The van der Waals surface area contributed by atoms with E-state index in [-0.39, 0.29) is 35.9 Å². The molecular weight excluding hydrogens is 440 g/mol. The Bertz CT molecular complexity index is 803. The second-order valence-corrected chi connectivity index (χ2v) is 9.66. The zero-order chi connectivity index (χ0) is 24.4. The summed E-state index contributed by atoms with van der Waals surface area (Å²) in [4.78, 5) is 11.9. The summed E-state index contributed by atoms with van der Waals surface area (Å²) in [5.74, 6) is -0.209. The van der Waals surface area contributed by atoms with Crippen LogP contribution in [0.15, 0.2) is 30.3 Å². The van der Waals surface area contributed by atoms with E-state index in [0.717, 1.165) is 12.0 Å². The van der Waals surface area contributed by atoms with Gasteiger partial charge in [0.25, 0.3) is 0 Å². The molecule has 34 heavy (non-hydrogen) atoms. The minimum absolute atomic E-state index is 0.00338. The van der Waals surface area contributed by atoms with Gasteiger partial charge >= 0.3 is 5.97 Å². The van der Waals surface area contributed by atoms with Gasteiger partial charge in [-0.15, -0.1) is 0 Å². The Kier molecular flexibility index (Phi) is 8.28. The van der Waals surface area contributed by atoms with Crippen molar-refractivity contribution in [3.8, 4) is 0 Å². The van der Waals surface area contributed by atoms with Crippen LogP contribution in [-0.2, 0) is 38.0 Å². The van der Waals surface area contributed by atoms with Crippen LogP contribution in [0.25, 0.3) is 0 Å². The Labute approximate surface area is 202 Å². The molecule has 3 fully saturated rings. The van der Waals surface area contributed by atoms with Crippen molar-refractivity contribution >= 4 is 5.97 Å². The molecule has 5 unspecified atom stereocenters. The first-order valence-electron chi connectivity index (χ1n) is 12.3. The number of benzene rings is 1. The summed E-state index contributed by atoms with van der Waals surface area (Å²) >= 11 is 0. The molecule has 3 heterocycles. The SMILES string of the molecule is CCC1O[C@H](O[C@@H]2C(C)[C@@H](OC)OC3COC(c4ccccc4)O[C@H]32)C(OC(C)=O)[C@@H](C)[C@@H]1C. The molecule has 11 atom stereocenters. The van der Waals surface area contributed by atoms with E-state index in [1.807, 2.05) is 37.3 Å². The maximum atomic E-state index is 11.9. The Morgan fingerprint density at radius 1 is 0.971 bits per heavy atom. The molecule has 3 aliphatic rings. The lowest BCUT2D eigenvalue weighted by molar-refractivity contribution is -0.378. The molecule has 0 saturated carbocycles. The van der Waals surface area contributed by atoms with Crippen LogP contribution in [0.5, 0.6) is 0 Å². The first-order chi connectivity index (χ1) is 16.3. The van der Waals surface area contributed by atoms with Crippen molar-refractivity contribution in [1.82, 2.24) is 0 Å². The lowest BCUT2D eigenvalue weighted by Crippen LogP contribution is -2.62. The van der Waals surface area contributed by atoms with Gasteiger partial charge in [-0.1, -0.05) is 58.0 Å². The van der Waals surface area contributed by atoms with Crippen LogP contribution in [0.1, 0.15) is 52.9 Å². The summed E-state index contributed by atoms with van der Waals surface area (Å²) in [7, 11) is 1.62. The molecule has 0 aliphatic carbocycles. The van der Waals surface area contributed by atoms with Crippen LogP contribution < -0.4 is 0 Å². The number of carbonyl (C=O) groups is 1. The fourth-order valence-electron chi connectivity index (χ4n) is 5.31. The third-order valence-electron chi connectivity index (χ3n) is 7.45. The minimum atomic E-state index is -0.717. The summed E-state index contributed by atoms with van der Waals surface area (Å²) < 4.78 is 42.9. The molecular formula is C26H38O8. The number of hydrogen-bond donors (Lipinski definition) is 0. The van der Waals surface area contributed by atoms with Crippen LogP contribution in [0, 0.1) is 17.8 Å². The summed E-state index contributed by atoms with van der Waals surface area (Å²) in [6.07, 6.45) is -2.59. The number of rotatable bonds is 6. The number of hydrogen-bond acceptors (Lipinski definition) is 8. The number of carbonyl (C=O) groups excluding carboxylic acids is 1. The first kappa shape index (κ1) is 25.5. The van der Waals surface area contributed by atoms with Crippen LogP contribution in [0.4, 0.5) is 0 Å². The molecule has 0 aromatic heterocycles. The third-order valence-corrected chi connectivity index (χ3v) is 7.45. The maximum Gasteiger partial charge on any atom is 0.303 e. The van der Waals surface area contributed by atoms with E-state index in [1.165, 1.54) is 6.92 Å². The molecule has 8 nitrogen and oxygen atoms in total. The molecule has 8 heteroatoms. The molecule has 3 aliphatic heterocycles. The zero-order valence-electron chi connectivity index (χ0n) is 20.9. The van der Waals surface area contributed by atoms with Gasteiger partial charge in [0.15, 0.2) is 25.0 Å². The van der Waals surface area contributed by atoms with Crippen molar-refractivity contribution in [3.05, 3.63) is 35.9 Å². The van der Waals surface area contributed by atoms with Gasteiger partial charge in [-0.25, -0.2) is 0 Å². The Hall–Kier alpha value is -1.55. The second-order valence-electron chi connectivity index (χ2n) is 9.66. The Morgan fingerprint density at radius 2 is 1.71 bits per heavy atom. The fourth-order valence-corrected chi connectivity index (χ4v) is 5.31. The fraction of sp³-hybridized carbons (Fsp3) is 0.731. The highest BCUT2D eigenvalue weighted by Crippen LogP contribution is 2.41. The van der Waals surface area contributed by atoms with Crippen molar-refractivity contribution < 1.29 is 38.0 Å². The van der Waals surface area contributed by atoms with Gasteiger partial charge in [0.05, 0.1) is 18.8 Å². The molecule has 4 rings (SSSR count). The van der Waals surface area contributed by atoms with Gasteiger partial charge in [0, 0.05) is 31.4 Å². The molecule has 0 amide bonds. The smallest absolute Gasteiger partial charge is 0.303 e. The summed E-state index contributed by atoms with van der Waals surface area (Å²) in [6, 6.07) is 9.81. The van der Waals surface area contributed by atoms with E-state index in [0.29, 0.717) is 6.61 Å². The molecule has 190 valence electrons. The lowest BCUT2D eigenvalue weighted by Gasteiger charge is -2.51. The predicted octanol–water partition coefficient (Wildman–Crippen LogP) is 3.83. The van der Waals surface area contributed by atoms with E-state index in [4.69, 9.17) is 33.2 Å². The maximum absolute atomic E-state index is 11.9. The highest BCUT2D eigenvalue weighted by Gasteiger charge is 2.52. The van der Waals surface area contributed by atoms with Gasteiger partial charge in [0.1, 0.15) is 12.2 Å². The van der Waals surface area contributed by atoms with Crippen molar-refractivity contribution in [1.29, 1.82) is 0 Å². The molecule has 1 aromatic carbocycles. The number of esters is 1. The molecule has 0 radical (unpaired) electrons. The van der Waals surface area contributed by atoms with Gasteiger partial charge in [-0.2, -0.15) is 0 Å².